The first-order chi connectivity index (χ1) is 8.58. The highest BCUT2D eigenvalue weighted by Gasteiger charge is 2.18. The third-order valence-electron chi connectivity index (χ3n) is 2.50. The number of furan rings is 1. The van der Waals surface area contributed by atoms with Crippen molar-refractivity contribution in [3.63, 3.8) is 0 Å². The zero-order valence-corrected chi connectivity index (χ0v) is 11.3. The molecule has 0 aliphatic heterocycles. The van der Waals surface area contributed by atoms with Crippen molar-refractivity contribution in [2.24, 2.45) is 5.92 Å². The Morgan fingerprint density at radius 3 is 2.72 bits per heavy atom. The molecule has 5 nitrogen and oxygen atoms in total. The lowest BCUT2D eigenvalue weighted by atomic mass is 10.0. The van der Waals surface area contributed by atoms with Crippen molar-refractivity contribution < 1.29 is 19.1 Å². The summed E-state index contributed by atoms with van der Waals surface area (Å²) in [5.41, 5.74) is 0. The van der Waals surface area contributed by atoms with Gasteiger partial charge in [0, 0.05) is 6.54 Å². The number of amides is 1. The van der Waals surface area contributed by atoms with Gasteiger partial charge in [-0.2, -0.15) is 0 Å². The Morgan fingerprint density at radius 2 is 2.22 bits per heavy atom. The van der Waals surface area contributed by atoms with Crippen LogP contribution < -0.4 is 5.32 Å². The van der Waals surface area contributed by atoms with Gasteiger partial charge in [-0.25, -0.2) is 0 Å². The van der Waals surface area contributed by atoms with Gasteiger partial charge in [-0.3, -0.25) is 9.59 Å². The summed E-state index contributed by atoms with van der Waals surface area (Å²) >= 11 is 1.40. The third kappa shape index (κ3) is 4.10. The fourth-order valence-corrected chi connectivity index (χ4v) is 1.89. The summed E-state index contributed by atoms with van der Waals surface area (Å²) in [5.74, 6) is -1.60. The normalized spacial score (nSPS) is 12.1. The molecule has 1 amide bonds. The summed E-state index contributed by atoms with van der Waals surface area (Å²) in [6, 6.07) is 3.29. The number of carboxylic acids is 1. The summed E-state index contributed by atoms with van der Waals surface area (Å²) in [7, 11) is 0. The van der Waals surface area contributed by atoms with E-state index < -0.39 is 11.9 Å². The van der Waals surface area contributed by atoms with Gasteiger partial charge in [-0.1, -0.05) is 25.1 Å². The molecule has 0 fully saturated rings. The minimum Gasteiger partial charge on any atom is -0.481 e. The number of hydrogen-bond acceptors (Lipinski definition) is 4. The lowest BCUT2D eigenvalue weighted by Gasteiger charge is -2.11. The van der Waals surface area contributed by atoms with Crippen LogP contribution in [-0.4, -0.2) is 29.8 Å². The molecule has 0 spiro atoms. The van der Waals surface area contributed by atoms with Crippen molar-refractivity contribution >= 4 is 23.6 Å². The molecule has 2 N–H and O–H groups in total. The molecular weight excluding hydrogens is 254 g/mol. The van der Waals surface area contributed by atoms with Gasteiger partial charge in [0.15, 0.2) is 10.9 Å². The van der Waals surface area contributed by atoms with Gasteiger partial charge < -0.3 is 14.8 Å². The maximum Gasteiger partial charge on any atom is 0.308 e. The van der Waals surface area contributed by atoms with Crippen LogP contribution in [0.3, 0.4) is 0 Å². The molecule has 1 unspecified atom stereocenters. The highest BCUT2D eigenvalue weighted by Crippen LogP contribution is 2.17. The Morgan fingerprint density at radius 1 is 1.50 bits per heavy atom. The van der Waals surface area contributed by atoms with E-state index in [1.54, 1.807) is 12.1 Å². The van der Waals surface area contributed by atoms with Crippen LogP contribution in [0.15, 0.2) is 21.6 Å². The molecule has 100 valence electrons. The van der Waals surface area contributed by atoms with Gasteiger partial charge in [-0.15, -0.1) is 0 Å². The first-order valence-electron chi connectivity index (χ1n) is 5.73. The van der Waals surface area contributed by atoms with Crippen LogP contribution in [0.2, 0.25) is 0 Å². The standard InChI is InChI=1S/C12H17NO4S/c1-3-4-8(12(15)16)7-13-11(14)9-5-6-10(17-9)18-2/h5-6,8H,3-4,7H2,1-2H3,(H,13,14)(H,15,16). The molecule has 1 heterocycles. The maximum absolute atomic E-state index is 11.7. The average molecular weight is 271 g/mol. The largest absolute Gasteiger partial charge is 0.481 e. The van der Waals surface area contributed by atoms with Crippen LogP contribution in [0.4, 0.5) is 0 Å². The van der Waals surface area contributed by atoms with E-state index in [2.05, 4.69) is 5.32 Å². The van der Waals surface area contributed by atoms with Gasteiger partial charge in [0.2, 0.25) is 0 Å². The van der Waals surface area contributed by atoms with E-state index in [-0.39, 0.29) is 18.2 Å². The first-order valence-corrected chi connectivity index (χ1v) is 6.95. The molecule has 1 atom stereocenters. The number of carbonyl (C=O) groups is 2. The van der Waals surface area contributed by atoms with E-state index in [4.69, 9.17) is 9.52 Å². The van der Waals surface area contributed by atoms with Crippen molar-refractivity contribution in [2.75, 3.05) is 12.8 Å². The van der Waals surface area contributed by atoms with E-state index >= 15 is 0 Å². The van der Waals surface area contributed by atoms with Crippen LogP contribution in [0.1, 0.15) is 30.3 Å². The quantitative estimate of drug-likeness (QED) is 0.743. The van der Waals surface area contributed by atoms with Crippen molar-refractivity contribution in [3.8, 4) is 0 Å². The Labute approximate surface area is 110 Å². The Bertz CT molecular complexity index is 416. The molecule has 0 saturated carbocycles. The predicted molar refractivity (Wildman–Crippen MR) is 68.9 cm³/mol. The lowest BCUT2D eigenvalue weighted by Crippen LogP contribution is -2.32. The summed E-state index contributed by atoms with van der Waals surface area (Å²) in [6.45, 7) is 2.03. The highest BCUT2D eigenvalue weighted by molar-refractivity contribution is 7.98. The van der Waals surface area contributed by atoms with Crippen molar-refractivity contribution in [1.82, 2.24) is 5.32 Å². The maximum atomic E-state index is 11.7. The molecule has 0 bridgehead atoms. The molecule has 1 rings (SSSR count). The van der Waals surface area contributed by atoms with Crippen LogP contribution in [0.5, 0.6) is 0 Å². The van der Waals surface area contributed by atoms with Crippen LogP contribution >= 0.6 is 11.8 Å². The molecule has 0 aliphatic carbocycles. The second-order valence-electron chi connectivity index (χ2n) is 3.86. The Balaban J connectivity index is 2.51. The molecule has 0 aliphatic rings. The zero-order chi connectivity index (χ0) is 13.5. The monoisotopic (exact) mass is 271 g/mol. The van der Waals surface area contributed by atoms with Crippen molar-refractivity contribution in [1.29, 1.82) is 0 Å². The number of hydrogen-bond donors (Lipinski definition) is 2. The lowest BCUT2D eigenvalue weighted by molar-refractivity contribution is -0.141. The third-order valence-corrected chi connectivity index (χ3v) is 3.12. The van der Waals surface area contributed by atoms with Gasteiger partial charge in [-0.05, 0) is 24.8 Å². The molecule has 0 radical (unpaired) electrons. The minimum atomic E-state index is -0.888. The molecule has 0 saturated heterocycles. The van der Waals surface area contributed by atoms with Gasteiger partial charge in [0.25, 0.3) is 5.91 Å². The Hall–Kier alpha value is -1.43. The Kier molecular flexibility index (Phi) is 5.77. The number of nitrogens with one attached hydrogen (secondary N) is 1. The molecule has 0 aromatic carbocycles. The fourth-order valence-electron chi connectivity index (χ4n) is 1.52. The second-order valence-corrected chi connectivity index (χ2v) is 4.67. The summed E-state index contributed by atoms with van der Waals surface area (Å²) < 4.78 is 5.25. The number of rotatable bonds is 7. The van der Waals surface area contributed by atoms with Gasteiger partial charge >= 0.3 is 5.97 Å². The van der Waals surface area contributed by atoms with Gasteiger partial charge in [0.1, 0.15) is 0 Å². The van der Waals surface area contributed by atoms with E-state index in [0.29, 0.717) is 11.5 Å². The molecular formula is C12H17NO4S. The number of carbonyl (C=O) groups excluding carboxylic acids is 1. The number of carboxylic acid groups (broad SMARTS) is 1. The molecule has 1 aromatic rings. The van der Waals surface area contributed by atoms with E-state index in [1.807, 2.05) is 13.2 Å². The summed E-state index contributed by atoms with van der Waals surface area (Å²) in [5, 5.41) is 12.2. The molecule has 1 aromatic heterocycles. The SMILES string of the molecule is CCCC(CNC(=O)c1ccc(SC)o1)C(=O)O. The number of aliphatic carboxylic acids is 1. The summed E-state index contributed by atoms with van der Waals surface area (Å²) in [4.78, 5) is 22.6. The minimum absolute atomic E-state index is 0.122. The topological polar surface area (TPSA) is 79.5 Å². The fraction of sp³-hybridized carbons (Fsp3) is 0.500. The van der Waals surface area contributed by atoms with Crippen LogP contribution in [0.25, 0.3) is 0 Å². The van der Waals surface area contributed by atoms with Crippen molar-refractivity contribution in [3.05, 3.63) is 17.9 Å². The van der Waals surface area contributed by atoms with Crippen molar-refractivity contribution in [2.45, 2.75) is 24.9 Å². The molecule has 6 heteroatoms. The van der Waals surface area contributed by atoms with Crippen LogP contribution in [0, 0.1) is 5.92 Å². The van der Waals surface area contributed by atoms with Crippen LogP contribution in [-0.2, 0) is 4.79 Å². The smallest absolute Gasteiger partial charge is 0.308 e. The average Bonchev–Trinajstić information content (AvgIpc) is 2.82. The predicted octanol–water partition coefficient (Wildman–Crippen LogP) is 2.23. The highest BCUT2D eigenvalue weighted by atomic mass is 32.2. The zero-order valence-electron chi connectivity index (χ0n) is 10.4. The first kappa shape index (κ1) is 14.6. The van der Waals surface area contributed by atoms with E-state index in [9.17, 15) is 9.59 Å². The number of thioether (sulfide) groups is 1. The molecule has 18 heavy (non-hydrogen) atoms. The second kappa shape index (κ2) is 7.10. The summed E-state index contributed by atoms with van der Waals surface area (Å²) in [6.07, 6.45) is 3.16. The van der Waals surface area contributed by atoms with E-state index in [1.165, 1.54) is 11.8 Å². The van der Waals surface area contributed by atoms with Gasteiger partial charge in [0.05, 0.1) is 5.92 Å². The van der Waals surface area contributed by atoms with E-state index in [0.717, 1.165) is 6.42 Å².